The van der Waals surface area contributed by atoms with Crippen LogP contribution in [0.15, 0.2) is 0 Å². The first-order valence-corrected chi connectivity index (χ1v) is 7.27. The molecule has 0 saturated carbocycles. The fraction of sp³-hybridized carbons (Fsp3) is 0.692. The minimum absolute atomic E-state index is 0.105. The molecule has 6 heteroatoms. The first-order valence-electron chi connectivity index (χ1n) is 6.45. The van der Waals surface area contributed by atoms with Crippen molar-refractivity contribution in [2.75, 3.05) is 11.1 Å². The molecule has 4 N–H and O–H groups in total. The van der Waals surface area contributed by atoms with Crippen molar-refractivity contribution < 1.29 is 4.79 Å². The normalized spacial score (nSPS) is 13.4. The molecule has 1 rings (SSSR count). The van der Waals surface area contributed by atoms with E-state index >= 15 is 0 Å². The molecule has 1 aromatic rings. The molecule has 19 heavy (non-hydrogen) atoms. The number of nitrogens with zero attached hydrogens (tertiary/aromatic N) is 1. The highest BCUT2D eigenvalue weighted by molar-refractivity contribution is 7.18. The Morgan fingerprint density at radius 1 is 1.32 bits per heavy atom. The van der Waals surface area contributed by atoms with E-state index < -0.39 is 0 Å². The maximum atomic E-state index is 12.1. The van der Waals surface area contributed by atoms with Crippen molar-refractivity contribution in [3.05, 3.63) is 4.88 Å². The minimum atomic E-state index is -0.154. The van der Waals surface area contributed by atoms with E-state index in [-0.39, 0.29) is 23.3 Å². The number of carbonyl (C=O) groups is 1. The summed E-state index contributed by atoms with van der Waals surface area (Å²) in [7, 11) is 0. The molecule has 0 aliphatic rings. The number of nitrogen functional groups attached to an aromatic ring is 1. The van der Waals surface area contributed by atoms with Gasteiger partial charge in [-0.05, 0) is 33.6 Å². The smallest absolute Gasteiger partial charge is 0.265 e. The third-order valence-electron chi connectivity index (χ3n) is 2.70. The van der Waals surface area contributed by atoms with Gasteiger partial charge in [0.1, 0.15) is 10.7 Å². The van der Waals surface area contributed by atoms with Crippen LogP contribution in [-0.4, -0.2) is 22.5 Å². The molecule has 0 saturated heterocycles. The Bertz CT molecular complexity index is 448. The first kappa shape index (κ1) is 15.8. The summed E-state index contributed by atoms with van der Waals surface area (Å²) in [4.78, 5) is 16.8. The second-order valence-corrected chi connectivity index (χ2v) is 7.11. The predicted octanol–water partition coefficient (Wildman–Crippen LogP) is 2.71. The van der Waals surface area contributed by atoms with Gasteiger partial charge in [0.25, 0.3) is 5.91 Å². The molecule has 0 bridgehead atoms. The molecule has 0 radical (unpaired) electrons. The summed E-state index contributed by atoms with van der Waals surface area (Å²) >= 11 is 1.29. The first-order chi connectivity index (χ1) is 8.60. The Kier molecular flexibility index (Phi) is 4.79. The zero-order chi connectivity index (χ0) is 14.8. The van der Waals surface area contributed by atoms with Crippen LogP contribution in [-0.2, 0) is 0 Å². The van der Waals surface area contributed by atoms with E-state index in [4.69, 9.17) is 5.73 Å². The summed E-state index contributed by atoms with van der Waals surface area (Å²) < 4.78 is 0. The van der Waals surface area contributed by atoms with Crippen molar-refractivity contribution >= 4 is 28.2 Å². The Morgan fingerprint density at radius 2 is 1.89 bits per heavy atom. The average Bonchev–Trinajstić information content (AvgIpc) is 2.56. The van der Waals surface area contributed by atoms with E-state index in [9.17, 15) is 4.79 Å². The second kappa shape index (κ2) is 5.77. The van der Waals surface area contributed by atoms with Crippen LogP contribution >= 0.6 is 11.3 Å². The van der Waals surface area contributed by atoms with Gasteiger partial charge in [0.15, 0.2) is 5.13 Å². The lowest BCUT2D eigenvalue weighted by Crippen LogP contribution is -2.36. The lowest BCUT2D eigenvalue weighted by Gasteiger charge is -2.19. The van der Waals surface area contributed by atoms with Crippen LogP contribution < -0.4 is 16.4 Å². The summed E-state index contributed by atoms with van der Waals surface area (Å²) in [5, 5.41) is 6.83. The summed E-state index contributed by atoms with van der Waals surface area (Å²) in [6, 6.07) is 0.105. The number of nitrogens with one attached hydrogen (secondary N) is 2. The highest BCUT2D eigenvalue weighted by Crippen LogP contribution is 2.27. The topological polar surface area (TPSA) is 80.0 Å². The standard InChI is InChI=1S/C13H24N4OS/c1-7(2)8(3)15-11(18)9-10(14)16-12(19-9)17-13(4,5)6/h7-8H,14H2,1-6H3,(H,15,18)(H,16,17). The third-order valence-corrected chi connectivity index (χ3v) is 3.69. The van der Waals surface area contributed by atoms with E-state index in [2.05, 4.69) is 29.5 Å². The fourth-order valence-corrected chi connectivity index (χ4v) is 2.30. The van der Waals surface area contributed by atoms with Crippen molar-refractivity contribution in [2.24, 2.45) is 5.92 Å². The van der Waals surface area contributed by atoms with E-state index in [1.54, 1.807) is 0 Å². The Labute approximate surface area is 119 Å². The molecule has 0 aromatic carbocycles. The Balaban J connectivity index is 2.81. The molecule has 5 nitrogen and oxygen atoms in total. The quantitative estimate of drug-likeness (QED) is 0.794. The van der Waals surface area contributed by atoms with E-state index in [1.165, 1.54) is 11.3 Å². The van der Waals surface area contributed by atoms with Crippen LogP contribution in [0.1, 0.15) is 51.2 Å². The van der Waals surface area contributed by atoms with Crippen LogP contribution in [0.4, 0.5) is 10.9 Å². The molecule has 0 spiro atoms. The zero-order valence-corrected chi connectivity index (χ0v) is 13.3. The molecule has 108 valence electrons. The highest BCUT2D eigenvalue weighted by Gasteiger charge is 2.20. The third kappa shape index (κ3) is 4.70. The largest absolute Gasteiger partial charge is 0.382 e. The van der Waals surface area contributed by atoms with Gasteiger partial charge in [0.05, 0.1) is 0 Å². The van der Waals surface area contributed by atoms with Crippen molar-refractivity contribution in [3.63, 3.8) is 0 Å². The second-order valence-electron chi connectivity index (χ2n) is 6.11. The number of rotatable bonds is 4. The zero-order valence-electron chi connectivity index (χ0n) is 12.5. The van der Waals surface area contributed by atoms with Crippen molar-refractivity contribution in [3.8, 4) is 0 Å². The van der Waals surface area contributed by atoms with E-state index in [0.29, 0.717) is 15.9 Å². The number of thiazole rings is 1. The molecule has 1 heterocycles. The lowest BCUT2D eigenvalue weighted by atomic mass is 10.1. The van der Waals surface area contributed by atoms with Gasteiger partial charge in [-0.2, -0.15) is 0 Å². The van der Waals surface area contributed by atoms with Gasteiger partial charge in [-0.15, -0.1) is 0 Å². The molecule has 1 amide bonds. The summed E-state index contributed by atoms with van der Waals surface area (Å²) in [6.07, 6.45) is 0. The van der Waals surface area contributed by atoms with Crippen LogP contribution in [0.3, 0.4) is 0 Å². The highest BCUT2D eigenvalue weighted by atomic mass is 32.1. The van der Waals surface area contributed by atoms with Gasteiger partial charge in [0.2, 0.25) is 0 Å². The average molecular weight is 284 g/mol. The fourth-order valence-electron chi connectivity index (χ4n) is 1.31. The van der Waals surface area contributed by atoms with Gasteiger partial charge >= 0.3 is 0 Å². The van der Waals surface area contributed by atoms with Crippen molar-refractivity contribution in [1.82, 2.24) is 10.3 Å². The molecular formula is C13H24N4OS. The number of nitrogens with two attached hydrogens (primary N) is 1. The van der Waals surface area contributed by atoms with Crippen LogP contribution in [0, 0.1) is 5.92 Å². The number of carbonyl (C=O) groups excluding carboxylic acids is 1. The minimum Gasteiger partial charge on any atom is -0.382 e. The maximum Gasteiger partial charge on any atom is 0.265 e. The molecule has 0 aliphatic carbocycles. The molecule has 1 aromatic heterocycles. The predicted molar refractivity (Wildman–Crippen MR) is 81.7 cm³/mol. The number of amides is 1. The Morgan fingerprint density at radius 3 is 2.37 bits per heavy atom. The summed E-state index contributed by atoms with van der Waals surface area (Å²) in [6.45, 7) is 12.2. The van der Waals surface area contributed by atoms with Gasteiger partial charge in [-0.1, -0.05) is 25.2 Å². The molecular weight excluding hydrogens is 260 g/mol. The van der Waals surface area contributed by atoms with Gasteiger partial charge in [0, 0.05) is 11.6 Å². The maximum absolute atomic E-state index is 12.1. The monoisotopic (exact) mass is 284 g/mol. The Hall–Kier alpha value is -1.30. The van der Waals surface area contributed by atoms with Gasteiger partial charge < -0.3 is 16.4 Å². The van der Waals surface area contributed by atoms with Crippen LogP contribution in [0.5, 0.6) is 0 Å². The number of anilines is 2. The van der Waals surface area contributed by atoms with E-state index in [1.807, 2.05) is 27.7 Å². The number of hydrogen-bond acceptors (Lipinski definition) is 5. The van der Waals surface area contributed by atoms with Gasteiger partial charge in [-0.25, -0.2) is 4.98 Å². The summed E-state index contributed by atoms with van der Waals surface area (Å²) in [5.41, 5.74) is 5.70. The SMILES string of the molecule is CC(C)C(C)NC(=O)c1sc(NC(C)(C)C)nc1N. The molecule has 0 aliphatic heterocycles. The molecule has 1 unspecified atom stereocenters. The van der Waals surface area contributed by atoms with Gasteiger partial charge in [-0.3, -0.25) is 4.79 Å². The van der Waals surface area contributed by atoms with Crippen molar-refractivity contribution in [1.29, 1.82) is 0 Å². The van der Waals surface area contributed by atoms with Crippen LogP contribution in [0.2, 0.25) is 0 Å². The van der Waals surface area contributed by atoms with Crippen molar-refractivity contribution in [2.45, 2.75) is 53.1 Å². The number of hydrogen-bond donors (Lipinski definition) is 3. The lowest BCUT2D eigenvalue weighted by molar-refractivity contribution is 0.0935. The summed E-state index contributed by atoms with van der Waals surface area (Å²) in [5.74, 6) is 0.508. The van der Waals surface area contributed by atoms with E-state index in [0.717, 1.165) is 0 Å². The molecule has 1 atom stereocenters. The number of aromatic nitrogens is 1. The molecule has 0 fully saturated rings. The van der Waals surface area contributed by atoms with Crippen LogP contribution in [0.25, 0.3) is 0 Å².